The van der Waals surface area contributed by atoms with Crippen molar-refractivity contribution in [2.24, 2.45) is 5.10 Å². The number of aromatic nitrogens is 2. The van der Waals surface area contributed by atoms with Crippen molar-refractivity contribution in [3.8, 4) is 0 Å². The van der Waals surface area contributed by atoms with Crippen molar-refractivity contribution in [3.63, 3.8) is 0 Å². The Bertz CT molecular complexity index is 929. The zero-order chi connectivity index (χ0) is 17.8. The van der Waals surface area contributed by atoms with Crippen LogP contribution in [0.15, 0.2) is 53.6 Å². The maximum atomic E-state index is 4.76. The molecule has 3 aromatic rings. The molecule has 1 N–H and O–H groups in total. The molecule has 4 rings (SSSR count). The summed E-state index contributed by atoms with van der Waals surface area (Å²) in [7, 11) is 0. The molecule has 1 saturated heterocycles. The summed E-state index contributed by atoms with van der Waals surface area (Å²) >= 11 is 0. The maximum Gasteiger partial charge on any atom is 0.227 e. The number of hydrogen-bond donors (Lipinski definition) is 1. The molecule has 0 spiro atoms. The van der Waals surface area contributed by atoms with E-state index < -0.39 is 0 Å². The largest absolute Gasteiger partial charge is 0.341 e. The lowest BCUT2D eigenvalue weighted by Gasteiger charge is -2.27. The molecule has 26 heavy (non-hydrogen) atoms. The number of nitrogens with zero attached hydrogens (tertiary/aromatic N) is 4. The molecule has 2 aromatic carbocycles. The van der Waals surface area contributed by atoms with Gasteiger partial charge in [-0.15, -0.1) is 0 Å². The molecule has 5 nitrogen and oxygen atoms in total. The van der Waals surface area contributed by atoms with Gasteiger partial charge >= 0.3 is 0 Å². The van der Waals surface area contributed by atoms with Crippen molar-refractivity contribution in [2.75, 3.05) is 23.4 Å². The van der Waals surface area contributed by atoms with Crippen molar-refractivity contribution < 1.29 is 0 Å². The SMILES string of the molecule is Cc1cccc(/C=N/Nc2nc(N3CCCCC3)nc3ccccc23)c1. The first-order valence-corrected chi connectivity index (χ1v) is 9.17. The molecule has 1 aliphatic rings. The molecule has 1 aromatic heterocycles. The summed E-state index contributed by atoms with van der Waals surface area (Å²) in [6.07, 6.45) is 5.51. The van der Waals surface area contributed by atoms with Crippen LogP contribution in [0.4, 0.5) is 11.8 Å². The van der Waals surface area contributed by atoms with Crippen LogP contribution in [0.2, 0.25) is 0 Å². The first-order chi connectivity index (χ1) is 12.8. The highest BCUT2D eigenvalue weighted by Crippen LogP contribution is 2.25. The minimum Gasteiger partial charge on any atom is -0.341 e. The van der Waals surface area contributed by atoms with Gasteiger partial charge in [-0.25, -0.2) is 4.98 Å². The van der Waals surface area contributed by atoms with Crippen LogP contribution in [0.25, 0.3) is 10.9 Å². The zero-order valence-electron chi connectivity index (χ0n) is 15.0. The minimum absolute atomic E-state index is 0.750. The van der Waals surface area contributed by atoms with Crippen LogP contribution < -0.4 is 10.3 Å². The quantitative estimate of drug-likeness (QED) is 0.563. The Labute approximate surface area is 153 Å². The third-order valence-electron chi connectivity index (χ3n) is 4.66. The molecule has 0 unspecified atom stereocenters. The van der Waals surface area contributed by atoms with Crippen LogP contribution >= 0.6 is 0 Å². The van der Waals surface area contributed by atoms with Gasteiger partial charge in [0.1, 0.15) is 0 Å². The number of rotatable bonds is 4. The third-order valence-corrected chi connectivity index (χ3v) is 4.66. The summed E-state index contributed by atoms with van der Waals surface area (Å²) < 4.78 is 0. The van der Waals surface area contributed by atoms with Gasteiger partial charge in [0.2, 0.25) is 5.95 Å². The zero-order valence-corrected chi connectivity index (χ0v) is 15.0. The number of fused-ring (bicyclic) bond motifs is 1. The highest BCUT2D eigenvalue weighted by atomic mass is 15.3. The second kappa shape index (κ2) is 7.52. The van der Waals surface area contributed by atoms with Gasteiger partial charge in [-0.1, -0.05) is 42.0 Å². The molecule has 1 aliphatic heterocycles. The van der Waals surface area contributed by atoms with Crippen molar-refractivity contribution in [3.05, 3.63) is 59.7 Å². The molecular formula is C21H23N5. The van der Waals surface area contributed by atoms with Crippen molar-refractivity contribution in [1.29, 1.82) is 0 Å². The number of anilines is 2. The fraction of sp³-hybridized carbons (Fsp3) is 0.286. The van der Waals surface area contributed by atoms with Gasteiger partial charge in [-0.05, 0) is 43.9 Å². The number of nitrogens with one attached hydrogen (secondary N) is 1. The van der Waals surface area contributed by atoms with E-state index >= 15 is 0 Å². The van der Waals surface area contributed by atoms with Gasteiger partial charge in [-0.2, -0.15) is 10.1 Å². The van der Waals surface area contributed by atoms with E-state index in [-0.39, 0.29) is 0 Å². The Balaban J connectivity index is 1.64. The van der Waals surface area contributed by atoms with Gasteiger partial charge in [0.25, 0.3) is 0 Å². The van der Waals surface area contributed by atoms with Gasteiger partial charge in [0, 0.05) is 18.5 Å². The van der Waals surface area contributed by atoms with Crippen LogP contribution in [-0.2, 0) is 0 Å². The van der Waals surface area contributed by atoms with E-state index in [4.69, 9.17) is 9.97 Å². The number of benzene rings is 2. The van der Waals surface area contributed by atoms with E-state index in [9.17, 15) is 0 Å². The number of hydrogen-bond acceptors (Lipinski definition) is 5. The molecule has 0 radical (unpaired) electrons. The Morgan fingerprint density at radius 2 is 1.85 bits per heavy atom. The highest BCUT2D eigenvalue weighted by Gasteiger charge is 2.16. The van der Waals surface area contributed by atoms with Crippen LogP contribution in [-0.4, -0.2) is 29.3 Å². The average molecular weight is 345 g/mol. The summed E-state index contributed by atoms with van der Waals surface area (Å²) in [6.45, 7) is 4.11. The van der Waals surface area contributed by atoms with Crippen LogP contribution in [0.5, 0.6) is 0 Å². The maximum absolute atomic E-state index is 4.76. The van der Waals surface area contributed by atoms with Crippen molar-refractivity contribution in [2.45, 2.75) is 26.2 Å². The van der Waals surface area contributed by atoms with Gasteiger partial charge < -0.3 is 4.90 Å². The fourth-order valence-electron chi connectivity index (χ4n) is 3.30. The minimum atomic E-state index is 0.750. The van der Waals surface area contributed by atoms with Crippen LogP contribution in [0, 0.1) is 6.92 Å². The van der Waals surface area contributed by atoms with E-state index in [2.05, 4.69) is 34.5 Å². The summed E-state index contributed by atoms with van der Waals surface area (Å²) in [6, 6.07) is 16.3. The fourth-order valence-corrected chi connectivity index (χ4v) is 3.30. The summed E-state index contributed by atoms with van der Waals surface area (Å²) in [5.41, 5.74) is 6.35. The lowest BCUT2D eigenvalue weighted by molar-refractivity contribution is 0.569. The number of para-hydroxylation sites is 1. The van der Waals surface area contributed by atoms with E-state index in [1.54, 1.807) is 0 Å². The predicted molar refractivity (Wildman–Crippen MR) is 108 cm³/mol. The summed E-state index contributed by atoms with van der Waals surface area (Å²) in [5.74, 6) is 1.54. The van der Waals surface area contributed by atoms with Crippen molar-refractivity contribution in [1.82, 2.24) is 9.97 Å². The monoisotopic (exact) mass is 345 g/mol. The lowest BCUT2D eigenvalue weighted by Crippen LogP contribution is -2.31. The first-order valence-electron chi connectivity index (χ1n) is 9.17. The second-order valence-corrected chi connectivity index (χ2v) is 6.72. The third kappa shape index (κ3) is 3.67. The molecule has 132 valence electrons. The Hall–Kier alpha value is -2.95. The molecule has 0 bridgehead atoms. The first kappa shape index (κ1) is 16.5. The highest BCUT2D eigenvalue weighted by molar-refractivity contribution is 5.90. The summed E-state index contributed by atoms with van der Waals surface area (Å²) in [5, 5.41) is 5.39. The number of piperidine rings is 1. The average Bonchev–Trinajstić information content (AvgIpc) is 2.68. The predicted octanol–water partition coefficient (Wildman–Crippen LogP) is 4.37. The molecule has 0 atom stereocenters. The summed E-state index contributed by atoms with van der Waals surface area (Å²) in [4.78, 5) is 11.8. The molecule has 0 amide bonds. The van der Waals surface area contributed by atoms with E-state index in [1.807, 2.05) is 42.6 Å². The Morgan fingerprint density at radius 1 is 1.00 bits per heavy atom. The Kier molecular flexibility index (Phi) is 4.78. The van der Waals surface area contributed by atoms with E-state index in [0.29, 0.717) is 0 Å². The molecule has 0 aliphatic carbocycles. The van der Waals surface area contributed by atoms with Crippen molar-refractivity contribution >= 4 is 28.9 Å². The smallest absolute Gasteiger partial charge is 0.227 e. The normalized spacial score (nSPS) is 14.9. The van der Waals surface area contributed by atoms with Gasteiger partial charge in [-0.3, -0.25) is 5.43 Å². The van der Waals surface area contributed by atoms with Gasteiger partial charge in [0.05, 0.1) is 11.7 Å². The number of hydrazone groups is 1. The molecule has 2 heterocycles. The standard InChI is InChI=1S/C21H23N5/c1-16-8-7-9-17(14-16)15-22-25-20-18-10-3-4-11-19(18)23-21(24-20)26-12-5-2-6-13-26/h3-4,7-11,14-15H,2,5-6,12-13H2,1H3,(H,23,24,25)/b22-15+. The Morgan fingerprint density at radius 3 is 2.69 bits per heavy atom. The topological polar surface area (TPSA) is 53.4 Å². The molecule has 5 heteroatoms. The number of aryl methyl sites for hydroxylation is 1. The molecule has 1 fully saturated rings. The van der Waals surface area contributed by atoms with Crippen LogP contribution in [0.1, 0.15) is 30.4 Å². The van der Waals surface area contributed by atoms with E-state index in [0.717, 1.165) is 41.3 Å². The van der Waals surface area contributed by atoms with Crippen LogP contribution in [0.3, 0.4) is 0 Å². The second-order valence-electron chi connectivity index (χ2n) is 6.72. The lowest BCUT2D eigenvalue weighted by atomic mass is 10.1. The molecule has 0 saturated carbocycles. The van der Waals surface area contributed by atoms with E-state index in [1.165, 1.54) is 24.8 Å². The molecular weight excluding hydrogens is 322 g/mol. The van der Waals surface area contributed by atoms with Gasteiger partial charge in [0.15, 0.2) is 5.82 Å².